The Bertz CT molecular complexity index is 826. The molecule has 3 aromatic rings. The van der Waals surface area contributed by atoms with Gasteiger partial charge >= 0.3 is 0 Å². The summed E-state index contributed by atoms with van der Waals surface area (Å²) in [7, 11) is 1.74. The van der Waals surface area contributed by atoms with E-state index in [1.807, 2.05) is 18.2 Å². The van der Waals surface area contributed by atoms with Crippen LogP contribution in [0.4, 0.5) is 5.13 Å². The number of methoxy groups -OCH3 is 1. The molecule has 1 aliphatic rings. The molecular weight excluding hydrogens is 334 g/mol. The molecule has 5 nitrogen and oxygen atoms in total. The largest absolute Gasteiger partial charge is 0.496 e. The molecule has 0 bridgehead atoms. The Morgan fingerprint density at radius 2 is 2.08 bits per heavy atom. The van der Waals surface area contributed by atoms with Crippen LogP contribution in [0, 0.1) is 0 Å². The molecule has 1 saturated heterocycles. The van der Waals surface area contributed by atoms with Crippen molar-refractivity contribution in [3.63, 3.8) is 0 Å². The number of ether oxygens (including phenoxy) is 2. The van der Waals surface area contributed by atoms with Crippen LogP contribution >= 0.6 is 11.3 Å². The Labute approximate surface area is 151 Å². The highest BCUT2D eigenvalue weighted by atomic mass is 32.1. The summed E-state index contributed by atoms with van der Waals surface area (Å²) in [5, 5.41) is 4.50. The van der Waals surface area contributed by atoms with Crippen LogP contribution in [-0.2, 0) is 10.2 Å². The molecule has 0 atom stereocenters. The van der Waals surface area contributed by atoms with E-state index in [1.165, 1.54) is 5.56 Å². The molecule has 0 spiro atoms. The summed E-state index contributed by atoms with van der Waals surface area (Å²) in [5.41, 5.74) is 2.17. The molecule has 0 unspecified atom stereocenters. The number of nitrogens with one attached hydrogen (secondary N) is 1. The smallest absolute Gasteiger partial charge is 0.183 e. The summed E-state index contributed by atoms with van der Waals surface area (Å²) in [5.74, 6) is 0.944. The van der Waals surface area contributed by atoms with Gasteiger partial charge in [0.05, 0.1) is 18.0 Å². The fourth-order valence-corrected chi connectivity index (χ4v) is 4.32. The lowest BCUT2D eigenvalue weighted by Gasteiger charge is -2.38. The molecule has 1 fully saturated rings. The summed E-state index contributed by atoms with van der Waals surface area (Å²) in [4.78, 5) is 8.79. The number of benzene rings is 1. The second kappa shape index (κ2) is 6.98. The van der Waals surface area contributed by atoms with Gasteiger partial charge in [0.15, 0.2) is 5.13 Å². The van der Waals surface area contributed by atoms with Crippen LogP contribution in [0.25, 0.3) is 10.2 Å². The lowest BCUT2D eigenvalue weighted by atomic mass is 9.73. The molecule has 130 valence electrons. The van der Waals surface area contributed by atoms with Crippen molar-refractivity contribution >= 4 is 26.7 Å². The van der Waals surface area contributed by atoms with Gasteiger partial charge in [0.25, 0.3) is 0 Å². The van der Waals surface area contributed by atoms with E-state index in [4.69, 9.17) is 9.47 Å². The third kappa shape index (κ3) is 3.19. The molecule has 2 aromatic heterocycles. The molecule has 6 heteroatoms. The lowest BCUT2D eigenvalue weighted by Crippen LogP contribution is -2.40. The molecule has 3 heterocycles. The molecule has 0 aliphatic carbocycles. The number of aromatic nitrogens is 2. The van der Waals surface area contributed by atoms with Gasteiger partial charge in [-0.05, 0) is 25.0 Å². The fraction of sp³-hybridized carbons (Fsp3) is 0.368. The Kier molecular flexibility index (Phi) is 4.55. The van der Waals surface area contributed by atoms with Crippen molar-refractivity contribution in [2.45, 2.75) is 18.3 Å². The minimum atomic E-state index is -0.0129. The molecule has 0 radical (unpaired) electrons. The summed E-state index contributed by atoms with van der Waals surface area (Å²) in [6.07, 6.45) is 5.54. The Hall–Kier alpha value is -2.18. The molecule has 0 saturated carbocycles. The first-order valence-corrected chi connectivity index (χ1v) is 9.28. The van der Waals surface area contributed by atoms with Gasteiger partial charge in [-0.15, -0.1) is 0 Å². The highest BCUT2D eigenvalue weighted by molar-refractivity contribution is 7.22. The van der Waals surface area contributed by atoms with E-state index in [0.717, 1.165) is 53.7 Å². The Balaban J connectivity index is 1.62. The van der Waals surface area contributed by atoms with Gasteiger partial charge in [-0.25, -0.2) is 4.98 Å². The quantitative estimate of drug-likeness (QED) is 0.753. The maximum absolute atomic E-state index is 5.63. The third-order valence-electron chi connectivity index (χ3n) is 4.90. The second-order valence-corrected chi connectivity index (χ2v) is 7.34. The number of pyridine rings is 1. The molecular formula is C19H21N3O2S. The van der Waals surface area contributed by atoms with Crippen LogP contribution < -0.4 is 10.1 Å². The molecule has 1 aromatic carbocycles. The lowest BCUT2D eigenvalue weighted by molar-refractivity contribution is 0.0536. The fourth-order valence-electron chi connectivity index (χ4n) is 3.49. The van der Waals surface area contributed by atoms with E-state index in [0.29, 0.717) is 0 Å². The van der Waals surface area contributed by atoms with Crippen LogP contribution in [-0.4, -0.2) is 36.8 Å². The van der Waals surface area contributed by atoms with Crippen molar-refractivity contribution in [3.8, 4) is 5.75 Å². The highest BCUT2D eigenvalue weighted by Gasteiger charge is 2.36. The third-order valence-corrected chi connectivity index (χ3v) is 5.89. The number of rotatable bonds is 5. The monoisotopic (exact) mass is 355 g/mol. The average molecular weight is 355 g/mol. The zero-order chi connectivity index (χ0) is 17.1. The van der Waals surface area contributed by atoms with E-state index in [1.54, 1.807) is 30.8 Å². The van der Waals surface area contributed by atoms with Crippen molar-refractivity contribution in [1.29, 1.82) is 0 Å². The first kappa shape index (κ1) is 16.3. The van der Waals surface area contributed by atoms with Crippen molar-refractivity contribution in [3.05, 3.63) is 48.3 Å². The molecule has 4 rings (SSSR count). The maximum atomic E-state index is 5.63. The van der Waals surface area contributed by atoms with Crippen molar-refractivity contribution in [2.75, 3.05) is 32.2 Å². The van der Waals surface area contributed by atoms with Gasteiger partial charge in [0, 0.05) is 36.9 Å². The van der Waals surface area contributed by atoms with Gasteiger partial charge in [0.2, 0.25) is 0 Å². The van der Waals surface area contributed by atoms with Gasteiger partial charge in [-0.2, -0.15) is 0 Å². The minimum Gasteiger partial charge on any atom is -0.496 e. The summed E-state index contributed by atoms with van der Waals surface area (Å²) in [6.45, 7) is 2.34. The van der Waals surface area contributed by atoms with E-state index < -0.39 is 0 Å². The average Bonchev–Trinajstić information content (AvgIpc) is 3.10. The van der Waals surface area contributed by atoms with Gasteiger partial charge in [-0.3, -0.25) is 4.98 Å². The number of anilines is 1. The molecule has 1 N–H and O–H groups in total. The number of thiazole rings is 1. The van der Waals surface area contributed by atoms with Gasteiger partial charge in [-0.1, -0.05) is 29.5 Å². The van der Waals surface area contributed by atoms with Gasteiger partial charge in [0.1, 0.15) is 11.3 Å². The topological polar surface area (TPSA) is 56.3 Å². The van der Waals surface area contributed by atoms with Crippen molar-refractivity contribution < 1.29 is 9.47 Å². The number of fused-ring (bicyclic) bond motifs is 1. The highest BCUT2D eigenvalue weighted by Crippen LogP contribution is 2.40. The number of hydrogen-bond acceptors (Lipinski definition) is 6. The van der Waals surface area contributed by atoms with Crippen molar-refractivity contribution in [1.82, 2.24) is 9.97 Å². The first-order chi connectivity index (χ1) is 12.3. The zero-order valence-corrected chi connectivity index (χ0v) is 15.0. The van der Waals surface area contributed by atoms with E-state index >= 15 is 0 Å². The van der Waals surface area contributed by atoms with Crippen molar-refractivity contribution in [2.24, 2.45) is 0 Å². The van der Waals surface area contributed by atoms with Crippen LogP contribution in [0.3, 0.4) is 0 Å². The second-order valence-electron chi connectivity index (χ2n) is 6.31. The molecule has 25 heavy (non-hydrogen) atoms. The minimum absolute atomic E-state index is 0.0129. The van der Waals surface area contributed by atoms with Gasteiger partial charge < -0.3 is 14.8 Å². The first-order valence-electron chi connectivity index (χ1n) is 8.46. The SMILES string of the molecule is COc1ccccc1C1(CNc2nc3cnccc3s2)CCOCC1. The number of hydrogen-bond donors (Lipinski definition) is 1. The summed E-state index contributed by atoms with van der Waals surface area (Å²) in [6, 6.07) is 10.3. The zero-order valence-electron chi connectivity index (χ0n) is 14.2. The summed E-state index contributed by atoms with van der Waals surface area (Å²) < 4.78 is 12.4. The number of nitrogens with zero attached hydrogens (tertiary/aromatic N) is 2. The van der Waals surface area contributed by atoms with E-state index in [9.17, 15) is 0 Å². The standard InChI is InChI=1S/C19H21N3O2S/c1-23-16-5-3-2-4-14(16)19(7-10-24-11-8-19)13-21-18-22-15-12-20-9-6-17(15)25-18/h2-6,9,12H,7-8,10-11,13H2,1H3,(H,21,22). The van der Waals surface area contributed by atoms with Crippen LogP contribution in [0.1, 0.15) is 18.4 Å². The Morgan fingerprint density at radius 1 is 1.24 bits per heavy atom. The molecule has 1 aliphatic heterocycles. The van der Waals surface area contributed by atoms with Crippen LogP contribution in [0.2, 0.25) is 0 Å². The number of para-hydroxylation sites is 1. The van der Waals surface area contributed by atoms with E-state index in [-0.39, 0.29) is 5.41 Å². The Morgan fingerprint density at radius 3 is 2.88 bits per heavy atom. The predicted molar refractivity (Wildman–Crippen MR) is 101 cm³/mol. The molecule has 0 amide bonds. The normalized spacial score (nSPS) is 16.7. The van der Waals surface area contributed by atoms with Crippen LogP contribution in [0.5, 0.6) is 5.75 Å². The maximum Gasteiger partial charge on any atom is 0.183 e. The predicted octanol–water partition coefficient (Wildman–Crippen LogP) is 3.86. The van der Waals surface area contributed by atoms with E-state index in [2.05, 4.69) is 27.4 Å². The van der Waals surface area contributed by atoms with Crippen LogP contribution in [0.15, 0.2) is 42.7 Å². The summed E-state index contributed by atoms with van der Waals surface area (Å²) >= 11 is 1.66.